The first-order valence-corrected chi connectivity index (χ1v) is 8.70. The van der Waals surface area contributed by atoms with Crippen LogP contribution in [0, 0.1) is 5.82 Å². The zero-order chi connectivity index (χ0) is 15.8. The van der Waals surface area contributed by atoms with Gasteiger partial charge in [-0.1, -0.05) is 29.8 Å². The lowest BCUT2D eigenvalue weighted by Crippen LogP contribution is -2.31. The van der Waals surface area contributed by atoms with Crippen molar-refractivity contribution in [3.63, 3.8) is 0 Å². The van der Waals surface area contributed by atoms with E-state index < -0.39 is 0 Å². The first kappa shape index (κ1) is 18.6. The Labute approximate surface area is 137 Å². The minimum absolute atomic E-state index is 0.0194. The first-order chi connectivity index (χ1) is 9.97. The molecule has 0 fully saturated rings. The Morgan fingerprint density at radius 2 is 1.90 bits per heavy atom. The average Bonchev–Trinajstić information content (AvgIpc) is 2.46. The van der Waals surface area contributed by atoms with Gasteiger partial charge in [0.05, 0.1) is 0 Å². The number of benzene rings is 1. The van der Waals surface area contributed by atoms with Gasteiger partial charge in [0.15, 0.2) is 0 Å². The third-order valence-electron chi connectivity index (χ3n) is 3.96. The topological polar surface area (TPSA) is 15.3 Å². The lowest BCUT2D eigenvalue weighted by atomic mass is 10.1. The van der Waals surface area contributed by atoms with Crippen molar-refractivity contribution in [3.05, 3.63) is 34.1 Å². The molecule has 1 aromatic carbocycles. The Bertz CT molecular complexity index is 421. The van der Waals surface area contributed by atoms with E-state index in [9.17, 15) is 4.39 Å². The van der Waals surface area contributed by atoms with Crippen LogP contribution in [0.15, 0.2) is 22.7 Å². The van der Waals surface area contributed by atoms with E-state index in [1.807, 2.05) is 13.0 Å². The summed E-state index contributed by atoms with van der Waals surface area (Å²) in [7, 11) is 0. The second kappa shape index (κ2) is 9.54. The van der Waals surface area contributed by atoms with Crippen molar-refractivity contribution in [1.82, 2.24) is 10.2 Å². The van der Waals surface area contributed by atoms with Gasteiger partial charge in [-0.2, -0.15) is 0 Å². The summed E-state index contributed by atoms with van der Waals surface area (Å²) < 4.78 is 14.8. The lowest BCUT2D eigenvalue weighted by molar-refractivity contribution is 0.288. The molecule has 0 bridgehead atoms. The molecule has 0 aliphatic carbocycles. The maximum atomic E-state index is 13.9. The quantitative estimate of drug-likeness (QED) is 0.685. The number of halogens is 2. The van der Waals surface area contributed by atoms with Gasteiger partial charge in [0.1, 0.15) is 5.82 Å². The van der Waals surface area contributed by atoms with Crippen LogP contribution in [0.1, 0.15) is 52.1 Å². The minimum atomic E-state index is -0.145. The normalized spacial score (nSPS) is 14.4. The summed E-state index contributed by atoms with van der Waals surface area (Å²) in [6, 6.07) is 5.51. The van der Waals surface area contributed by atoms with Gasteiger partial charge in [0.2, 0.25) is 0 Å². The van der Waals surface area contributed by atoms with Crippen LogP contribution >= 0.6 is 15.9 Å². The maximum Gasteiger partial charge on any atom is 0.128 e. The van der Waals surface area contributed by atoms with Crippen LogP contribution in [0.3, 0.4) is 0 Å². The molecule has 21 heavy (non-hydrogen) atoms. The number of hydrogen-bond acceptors (Lipinski definition) is 2. The van der Waals surface area contributed by atoms with Crippen LogP contribution in [0.5, 0.6) is 0 Å². The van der Waals surface area contributed by atoms with E-state index in [1.54, 1.807) is 6.07 Å². The van der Waals surface area contributed by atoms with Crippen LogP contribution in [-0.4, -0.2) is 30.6 Å². The smallest absolute Gasteiger partial charge is 0.128 e. The van der Waals surface area contributed by atoms with Crippen LogP contribution < -0.4 is 5.32 Å². The van der Waals surface area contributed by atoms with Crippen LogP contribution in [0.2, 0.25) is 0 Å². The summed E-state index contributed by atoms with van der Waals surface area (Å²) in [6.07, 6.45) is 2.28. The fourth-order valence-corrected chi connectivity index (χ4v) is 2.99. The molecule has 0 aliphatic rings. The Morgan fingerprint density at radius 1 is 1.24 bits per heavy atom. The molecule has 2 nitrogen and oxygen atoms in total. The van der Waals surface area contributed by atoms with Crippen molar-refractivity contribution in [1.29, 1.82) is 0 Å². The molecule has 120 valence electrons. The van der Waals surface area contributed by atoms with Gasteiger partial charge in [0, 0.05) is 22.1 Å². The fraction of sp³-hybridized carbons (Fsp3) is 0.647. The third-order valence-corrected chi connectivity index (χ3v) is 4.46. The zero-order valence-corrected chi connectivity index (χ0v) is 15.2. The zero-order valence-electron chi connectivity index (χ0n) is 13.6. The first-order valence-electron chi connectivity index (χ1n) is 7.91. The van der Waals surface area contributed by atoms with Crippen molar-refractivity contribution < 1.29 is 4.39 Å². The predicted octanol–water partition coefficient (Wildman–Crippen LogP) is 4.75. The van der Waals surface area contributed by atoms with E-state index in [0.29, 0.717) is 6.04 Å². The monoisotopic (exact) mass is 358 g/mol. The van der Waals surface area contributed by atoms with Crippen LogP contribution in [0.25, 0.3) is 0 Å². The van der Waals surface area contributed by atoms with Gasteiger partial charge >= 0.3 is 0 Å². The molecule has 4 heteroatoms. The average molecular weight is 359 g/mol. The summed E-state index contributed by atoms with van der Waals surface area (Å²) in [5, 5.41) is 3.49. The number of rotatable bonds is 9. The van der Waals surface area contributed by atoms with E-state index in [-0.39, 0.29) is 11.9 Å². The second-order valence-electron chi connectivity index (χ2n) is 5.62. The van der Waals surface area contributed by atoms with E-state index in [1.165, 1.54) is 12.5 Å². The standard InChI is InChI=1S/C17H28BrFN2/c1-5-21(6-2)11-7-8-13(3)20-14(4)16-12-15(18)9-10-17(16)19/h9-10,12-14,20H,5-8,11H2,1-4H3. The van der Waals surface area contributed by atoms with Gasteiger partial charge in [-0.3, -0.25) is 0 Å². The van der Waals surface area contributed by atoms with E-state index in [0.717, 1.165) is 36.1 Å². The molecule has 0 aliphatic heterocycles. The van der Waals surface area contributed by atoms with Gasteiger partial charge in [-0.15, -0.1) is 0 Å². The largest absolute Gasteiger partial charge is 0.308 e. The maximum absolute atomic E-state index is 13.9. The molecule has 0 amide bonds. The Hall–Kier alpha value is -0.450. The Morgan fingerprint density at radius 3 is 2.52 bits per heavy atom. The highest BCUT2D eigenvalue weighted by molar-refractivity contribution is 9.10. The Kier molecular flexibility index (Phi) is 8.45. The number of nitrogens with zero attached hydrogens (tertiary/aromatic N) is 1. The van der Waals surface area contributed by atoms with E-state index in [4.69, 9.17) is 0 Å². The van der Waals surface area contributed by atoms with Crippen LogP contribution in [-0.2, 0) is 0 Å². The summed E-state index contributed by atoms with van der Waals surface area (Å²) in [5.41, 5.74) is 0.722. The van der Waals surface area contributed by atoms with E-state index >= 15 is 0 Å². The molecular weight excluding hydrogens is 331 g/mol. The summed E-state index contributed by atoms with van der Waals surface area (Å²) in [4.78, 5) is 2.43. The molecular formula is C17H28BrFN2. The molecule has 1 rings (SSSR count). The summed E-state index contributed by atoms with van der Waals surface area (Å²) in [5.74, 6) is -0.145. The fourth-order valence-electron chi connectivity index (χ4n) is 2.61. The third kappa shape index (κ3) is 6.45. The van der Waals surface area contributed by atoms with Crippen molar-refractivity contribution in [2.75, 3.05) is 19.6 Å². The predicted molar refractivity (Wildman–Crippen MR) is 92.1 cm³/mol. The summed E-state index contributed by atoms with van der Waals surface area (Å²) >= 11 is 3.40. The van der Waals surface area contributed by atoms with Crippen molar-refractivity contribution in [3.8, 4) is 0 Å². The molecule has 2 atom stereocenters. The highest BCUT2D eigenvalue weighted by Crippen LogP contribution is 2.22. The van der Waals surface area contributed by atoms with Crippen LogP contribution in [0.4, 0.5) is 4.39 Å². The SMILES string of the molecule is CCN(CC)CCCC(C)NC(C)c1cc(Br)ccc1F. The number of hydrogen-bond donors (Lipinski definition) is 1. The molecule has 0 saturated carbocycles. The number of nitrogens with one attached hydrogen (secondary N) is 1. The second-order valence-corrected chi connectivity index (χ2v) is 6.54. The highest BCUT2D eigenvalue weighted by atomic mass is 79.9. The van der Waals surface area contributed by atoms with Gasteiger partial charge in [0.25, 0.3) is 0 Å². The molecule has 1 N–H and O–H groups in total. The van der Waals surface area contributed by atoms with Crippen molar-refractivity contribution in [2.45, 2.75) is 52.6 Å². The molecule has 0 heterocycles. The molecule has 0 saturated heterocycles. The minimum Gasteiger partial charge on any atom is -0.308 e. The molecule has 2 unspecified atom stereocenters. The summed E-state index contributed by atoms with van der Waals surface area (Å²) in [6.45, 7) is 11.9. The molecule has 0 radical (unpaired) electrons. The molecule has 0 spiro atoms. The van der Waals surface area contributed by atoms with Gasteiger partial charge in [-0.25, -0.2) is 4.39 Å². The molecule has 1 aromatic rings. The molecule has 0 aromatic heterocycles. The van der Waals surface area contributed by atoms with Crippen molar-refractivity contribution in [2.24, 2.45) is 0 Å². The van der Waals surface area contributed by atoms with Crippen molar-refractivity contribution >= 4 is 15.9 Å². The lowest BCUT2D eigenvalue weighted by Gasteiger charge is -2.23. The van der Waals surface area contributed by atoms with Gasteiger partial charge < -0.3 is 10.2 Å². The van der Waals surface area contributed by atoms with Gasteiger partial charge in [-0.05, 0) is 64.5 Å². The Balaban J connectivity index is 2.43. The highest BCUT2D eigenvalue weighted by Gasteiger charge is 2.14. The van der Waals surface area contributed by atoms with E-state index in [2.05, 4.69) is 46.9 Å².